The molecule has 3 rings (SSSR count). The molecular weight excluding hydrogens is 472 g/mol. The predicted octanol–water partition coefficient (Wildman–Crippen LogP) is 1.43. The zero-order chi connectivity index (χ0) is 25.9. The van der Waals surface area contributed by atoms with Gasteiger partial charge in [0.05, 0.1) is 5.52 Å². The van der Waals surface area contributed by atoms with Crippen LogP contribution < -0.4 is 21.8 Å². The van der Waals surface area contributed by atoms with Gasteiger partial charge in [-0.15, -0.1) is 0 Å². The van der Waals surface area contributed by atoms with E-state index in [1.807, 2.05) is 0 Å². The Morgan fingerprint density at radius 3 is 2.37 bits per heavy atom. The van der Waals surface area contributed by atoms with Gasteiger partial charge in [0.2, 0.25) is 5.91 Å². The molecule has 2 atom stereocenters. The van der Waals surface area contributed by atoms with Crippen LogP contribution in [0.3, 0.4) is 0 Å². The van der Waals surface area contributed by atoms with Crippen molar-refractivity contribution in [2.75, 3.05) is 5.73 Å². The second-order valence-corrected chi connectivity index (χ2v) is 9.80. The number of pyridine rings is 1. The van der Waals surface area contributed by atoms with Crippen LogP contribution in [0, 0.1) is 0 Å². The lowest BCUT2D eigenvalue weighted by Gasteiger charge is -2.29. The minimum Gasteiger partial charge on any atom is -0.506 e. The number of fused-ring (bicyclic) bond motifs is 1. The Balaban J connectivity index is 1.93. The molecule has 2 aromatic carbocycles. The summed E-state index contributed by atoms with van der Waals surface area (Å²) in [6.45, 7) is 3.07. The Bertz CT molecular complexity index is 1330. The van der Waals surface area contributed by atoms with Crippen LogP contribution in [0.1, 0.15) is 29.9 Å². The number of para-hydroxylation sites is 1. The van der Waals surface area contributed by atoms with Crippen molar-refractivity contribution < 1.29 is 24.6 Å². The smallest absolute Gasteiger partial charge is 0.327 e. The normalized spacial score (nSPS) is 13.1. The predicted molar refractivity (Wildman–Crippen MR) is 135 cm³/mol. The van der Waals surface area contributed by atoms with E-state index in [1.54, 1.807) is 24.3 Å². The Morgan fingerprint density at radius 1 is 1.11 bits per heavy atom. The highest BCUT2D eigenvalue weighted by atomic mass is 32.1. The van der Waals surface area contributed by atoms with E-state index in [1.165, 1.54) is 32.0 Å². The summed E-state index contributed by atoms with van der Waals surface area (Å²) in [5, 5.41) is 24.8. The molecule has 35 heavy (non-hydrogen) atoms. The number of carboxylic acids is 1. The number of anilines is 1. The van der Waals surface area contributed by atoms with E-state index in [9.17, 15) is 29.4 Å². The first-order chi connectivity index (χ1) is 16.4. The van der Waals surface area contributed by atoms with E-state index in [0.717, 1.165) is 6.07 Å². The summed E-state index contributed by atoms with van der Waals surface area (Å²) < 4.78 is -1.10. The number of hydrogen-bond donors (Lipinski definition) is 7. The van der Waals surface area contributed by atoms with Crippen molar-refractivity contribution in [1.82, 2.24) is 15.6 Å². The summed E-state index contributed by atoms with van der Waals surface area (Å²) in [7, 11) is 0. The molecule has 10 nitrogen and oxygen atoms in total. The van der Waals surface area contributed by atoms with Crippen LogP contribution in [0.2, 0.25) is 0 Å². The van der Waals surface area contributed by atoms with Crippen LogP contribution in [0.4, 0.5) is 5.69 Å². The number of carbonyl (C=O) groups is 3. The largest absolute Gasteiger partial charge is 0.506 e. The third-order valence-corrected chi connectivity index (χ3v) is 5.63. The molecule has 0 aliphatic rings. The number of aliphatic carboxylic acids is 1. The molecule has 2 unspecified atom stereocenters. The van der Waals surface area contributed by atoms with Gasteiger partial charge in [0.1, 0.15) is 23.5 Å². The number of hydrogen-bond acceptors (Lipinski definition) is 7. The number of nitrogens with two attached hydrogens (primary N) is 1. The quantitative estimate of drug-likeness (QED) is 0.182. The molecular formula is C24H26N4O6S. The maximum atomic E-state index is 13.1. The number of nitrogens with one attached hydrogen (secondary N) is 3. The molecule has 1 heterocycles. The first-order valence-electron chi connectivity index (χ1n) is 10.6. The Kier molecular flexibility index (Phi) is 7.39. The maximum Gasteiger partial charge on any atom is 0.327 e. The molecule has 0 aliphatic carbocycles. The molecule has 0 saturated carbocycles. The molecule has 0 radical (unpaired) electrons. The minimum atomic E-state index is -1.35. The number of thiol groups is 1. The summed E-state index contributed by atoms with van der Waals surface area (Å²) in [5.74, 6) is -3.05. The molecule has 0 saturated heterocycles. The number of benzene rings is 2. The Labute approximate surface area is 206 Å². The number of H-pyrrole nitrogens is 1. The molecule has 0 aliphatic heterocycles. The minimum absolute atomic E-state index is 0.0141. The van der Waals surface area contributed by atoms with E-state index < -0.39 is 40.0 Å². The Hall–Kier alpha value is -3.99. The number of carbonyl (C=O) groups excluding carboxylic acids is 2. The SMILES string of the molecule is CC(C)(S)C(NC(=O)C(Cc1ccc(N)cc1)NC(=O)c1cc(=O)c2cccc(O)c2[nH]1)C(=O)O. The summed E-state index contributed by atoms with van der Waals surface area (Å²) in [5.41, 5.74) is 6.28. The summed E-state index contributed by atoms with van der Waals surface area (Å²) >= 11 is 4.26. The number of amides is 2. The van der Waals surface area contributed by atoms with Crippen molar-refractivity contribution in [3.63, 3.8) is 0 Å². The van der Waals surface area contributed by atoms with Crippen molar-refractivity contribution in [1.29, 1.82) is 0 Å². The lowest BCUT2D eigenvalue weighted by Crippen LogP contribution is -2.57. The second kappa shape index (κ2) is 10.1. The molecule has 3 aromatic rings. The average molecular weight is 499 g/mol. The molecule has 0 bridgehead atoms. The number of phenolic OH excluding ortho intramolecular Hbond substituents is 1. The van der Waals surface area contributed by atoms with Gasteiger partial charge in [-0.3, -0.25) is 14.4 Å². The molecule has 0 spiro atoms. The first-order valence-corrected chi connectivity index (χ1v) is 11.1. The van der Waals surface area contributed by atoms with E-state index in [0.29, 0.717) is 11.3 Å². The van der Waals surface area contributed by atoms with Gasteiger partial charge in [0, 0.05) is 28.3 Å². The monoisotopic (exact) mass is 498 g/mol. The molecule has 184 valence electrons. The van der Waals surface area contributed by atoms with Gasteiger partial charge in [0.15, 0.2) is 5.43 Å². The molecule has 7 N–H and O–H groups in total. The lowest BCUT2D eigenvalue weighted by atomic mass is 10.0. The number of aromatic nitrogens is 1. The van der Waals surface area contributed by atoms with Gasteiger partial charge in [-0.05, 0) is 43.7 Å². The number of rotatable bonds is 8. The molecule has 11 heteroatoms. The van der Waals surface area contributed by atoms with Crippen LogP contribution in [0.5, 0.6) is 5.75 Å². The van der Waals surface area contributed by atoms with E-state index >= 15 is 0 Å². The second-order valence-electron chi connectivity index (χ2n) is 8.65. The van der Waals surface area contributed by atoms with Gasteiger partial charge in [-0.2, -0.15) is 12.6 Å². The van der Waals surface area contributed by atoms with Crippen molar-refractivity contribution in [2.24, 2.45) is 0 Å². The highest BCUT2D eigenvalue weighted by Crippen LogP contribution is 2.20. The van der Waals surface area contributed by atoms with Crippen LogP contribution in [0.25, 0.3) is 10.9 Å². The number of nitrogen functional groups attached to an aromatic ring is 1. The highest BCUT2D eigenvalue weighted by Gasteiger charge is 2.35. The first kappa shape index (κ1) is 25.6. The fourth-order valence-corrected chi connectivity index (χ4v) is 3.67. The number of phenols is 1. The molecule has 0 fully saturated rings. The third kappa shape index (κ3) is 6.12. The van der Waals surface area contributed by atoms with Crippen LogP contribution >= 0.6 is 12.6 Å². The van der Waals surface area contributed by atoms with Crippen LogP contribution in [-0.4, -0.2) is 49.8 Å². The highest BCUT2D eigenvalue weighted by molar-refractivity contribution is 7.81. The topological polar surface area (TPSA) is 175 Å². The van der Waals surface area contributed by atoms with Crippen LogP contribution in [0.15, 0.2) is 53.3 Å². The van der Waals surface area contributed by atoms with E-state index in [-0.39, 0.29) is 28.8 Å². The van der Waals surface area contributed by atoms with E-state index in [2.05, 4.69) is 28.2 Å². The zero-order valence-electron chi connectivity index (χ0n) is 19.0. The summed E-state index contributed by atoms with van der Waals surface area (Å²) in [6, 6.07) is 9.49. The fourth-order valence-electron chi connectivity index (χ4n) is 3.50. The fraction of sp³-hybridized carbons (Fsp3) is 0.250. The average Bonchev–Trinajstić information content (AvgIpc) is 2.77. The summed E-state index contributed by atoms with van der Waals surface area (Å²) in [6.07, 6.45) is 0.0141. The van der Waals surface area contributed by atoms with Crippen LogP contribution in [-0.2, 0) is 16.0 Å². The van der Waals surface area contributed by atoms with Crippen molar-refractivity contribution in [3.8, 4) is 5.75 Å². The number of carboxylic acid groups (broad SMARTS) is 1. The Morgan fingerprint density at radius 2 is 1.77 bits per heavy atom. The van der Waals surface area contributed by atoms with Crippen molar-refractivity contribution in [2.45, 2.75) is 37.1 Å². The number of aromatic amines is 1. The van der Waals surface area contributed by atoms with Gasteiger partial charge < -0.3 is 31.6 Å². The van der Waals surface area contributed by atoms with Crippen molar-refractivity contribution >= 4 is 47.0 Å². The van der Waals surface area contributed by atoms with Gasteiger partial charge in [0.25, 0.3) is 5.91 Å². The lowest BCUT2D eigenvalue weighted by molar-refractivity contribution is -0.142. The maximum absolute atomic E-state index is 13.1. The molecule has 1 aromatic heterocycles. The van der Waals surface area contributed by atoms with E-state index in [4.69, 9.17) is 5.73 Å². The molecule has 2 amide bonds. The third-order valence-electron chi connectivity index (χ3n) is 5.37. The van der Waals surface area contributed by atoms with Gasteiger partial charge >= 0.3 is 5.97 Å². The number of aromatic hydroxyl groups is 1. The zero-order valence-corrected chi connectivity index (χ0v) is 19.9. The standard InChI is InChI=1S/C24H26N4O6S/c1-24(2,35)20(23(33)34)28-22(32)15(10-12-6-8-13(25)9-7-12)27-21(31)16-11-18(30)14-4-3-5-17(29)19(14)26-16/h3-9,11,15,20,29,35H,10,25H2,1-2H3,(H,26,30)(H,27,31)(H,28,32)(H,33,34). The van der Waals surface area contributed by atoms with Gasteiger partial charge in [-0.25, -0.2) is 4.79 Å². The summed E-state index contributed by atoms with van der Waals surface area (Å²) in [4.78, 5) is 53.0. The van der Waals surface area contributed by atoms with Crippen molar-refractivity contribution in [3.05, 3.63) is 70.0 Å². The van der Waals surface area contributed by atoms with Gasteiger partial charge in [-0.1, -0.05) is 18.2 Å².